The number of halogens is 2. The van der Waals surface area contributed by atoms with Crippen molar-refractivity contribution in [1.29, 1.82) is 0 Å². The van der Waals surface area contributed by atoms with Crippen molar-refractivity contribution in [3.63, 3.8) is 0 Å². The molecule has 0 aliphatic carbocycles. The fourth-order valence-corrected chi connectivity index (χ4v) is 5.06. The predicted molar refractivity (Wildman–Crippen MR) is 124 cm³/mol. The van der Waals surface area contributed by atoms with Crippen LogP contribution in [0, 0.1) is 11.6 Å². The molecule has 12 heteroatoms. The van der Waals surface area contributed by atoms with E-state index in [9.17, 15) is 23.2 Å². The van der Waals surface area contributed by atoms with E-state index in [1.165, 1.54) is 23.9 Å². The molecular formula is C24H25F2N5O5. The third-order valence-electron chi connectivity index (χ3n) is 6.97. The average Bonchev–Trinajstić information content (AvgIpc) is 3.17. The summed E-state index contributed by atoms with van der Waals surface area (Å²) in [6.45, 7) is 3.65. The standard InChI is InChI=1S/C24H25F2N5O5/c1-12-6-7-24(28-13(2)29-36-24)18-11-30(12)23(34)19-21(35-3)20(32)16(10-31(18)19)22(33)27-9-14-4-5-15(25)8-17(14)26/h4-5,8,10,12,18H,6-7,9,11H2,1-3H3,(H,27,33)(H,28,29)/t12-,18+,24+/m0/s1. The van der Waals surface area contributed by atoms with E-state index in [0.717, 1.165) is 6.07 Å². The molecule has 190 valence electrons. The van der Waals surface area contributed by atoms with E-state index in [4.69, 9.17) is 14.6 Å². The zero-order chi connectivity index (χ0) is 25.8. The van der Waals surface area contributed by atoms with Gasteiger partial charge < -0.3 is 19.5 Å². The molecule has 1 saturated heterocycles. The zero-order valence-electron chi connectivity index (χ0n) is 19.9. The number of carbonyl (C=O) groups is 2. The Morgan fingerprint density at radius 1 is 1.36 bits per heavy atom. The van der Waals surface area contributed by atoms with Gasteiger partial charge >= 0.3 is 0 Å². The number of methoxy groups -OCH3 is 1. The van der Waals surface area contributed by atoms with Gasteiger partial charge in [0.1, 0.15) is 29.1 Å². The maximum atomic E-state index is 14.0. The zero-order valence-corrected chi connectivity index (χ0v) is 19.9. The van der Waals surface area contributed by atoms with E-state index in [2.05, 4.69) is 10.8 Å². The van der Waals surface area contributed by atoms with Gasteiger partial charge in [-0.25, -0.2) is 18.6 Å². The smallest absolute Gasteiger partial charge is 0.274 e. The van der Waals surface area contributed by atoms with Crippen LogP contribution >= 0.6 is 0 Å². The third kappa shape index (κ3) is 3.72. The Kier molecular flexibility index (Phi) is 5.78. The summed E-state index contributed by atoms with van der Waals surface area (Å²) in [5, 5.41) is 2.49. The summed E-state index contributed by atoms with van der Waals surface area (Å²) in [5.41, 5.74) is 0.719. The molecule has 2 amide bonds. The molecule has 1 aromatic carbocycles. The minimum absolute atomic E-state index is 0.0105. The molecule has 0 radical (unpaired) electrons. The molecule has 36 heavy (non-hydrogen) atoms. The lowest BCUT2D eigenvalue weighted by Crippen LogP contribution is -2.52. The second-order valence-electron chi connectivity index (χ2n) is 9.19. The number of rotatable bonds is 4. The summed E-state index contributed by atoms with van der Waals surface area (Å²) in [5.74, 6) is -2.46. The van der Waals surface area contributed by atoms with Gasteiger partial charge in [-0.1, -0.05) is 6.07 Å². The lowest BCUT2D eigenvalue weighted by Gasteiger charge is -2.41. The molecule has 2 bridgehead atoms. The number of hydrogen-bond acceptors (Lipinski definition) is 7. The van der Waals surface area contributed by atoms with Gasteiger partial charge in [-0.05, 0) is 26.3 Å². The summed E-state index contributed by atoms with van der Waals surface area (Å²) in [6, 6.07) is 2.29. The minimum atomic E-state index is -1.06. The van der Waals surface area contributed by atoms with Crippen LogP contribution in [-0.2, 0) is 11.4 Å². The Bertz CT molecular complexity index is 1360. The molecule has 0 unspecified atom stereocenters. The Labute approximate surface area is 204 Å². The van der Waals surface area contributed by atoms with E-state index in [1.807, 2.05) is 6.92 Å². The molecule has 4 heterocycles. The van der Waals surface area contributed by atoms with Gasteiger partial charge in [-0.15, -0.1) is 0 Å². The van der Waals surface area contributed by atoms with Crippen molar-refractivity contribution in [2.75, 3.05) is 13.7 Å². The van der Waals surface area contributed by atoms with Gasteiger partial charge in [-0.3, -0.25) is 19.9 Å². The van der Waals surface area contributed by atoms with Crippen LogP contribution in [0.3, 0.4) is 0 Å². The van der Waals surface area contributed by atoms with Gasteiger partial charge in [0.2, 0.25) is 11.2 Å². The fourth-order valence-electron chi connectivity index (χ4n) is 5.06. The van der Waals surface area contributed by atoms with Crippen LogP contribution in [0.1, 0.15) is 59.1 Å². The van der Waals surface area contributed by atoms with Crippen molar-refractivity contribution in [1.82, 2.24) is 20.3 Å². The van der Waals surface area contributed by atoms with Gasteiger partial charge in [-0.2, -0.15) is 0 Å². The SMILES string of the molecule is COc1c2n(cc(C(=O)NCc3ccc(F)cc3F)c1=O)[C@@H]1CN(C2=O)[C@@H](C)CC[C@]12N=C(C)NO2. The van der Waals surface area contributed by atoms with E-state index in [0.29, 0.717) is 24.7 Å². The Morgan fingerprint density at radius 3 is 2.81 bits per heavy atom. The number of pyridine rings is 1. The van der Waals surface area contributed by atoms with Crippen molar-refractivity contribution in [3.8, 4) is 5.75 Å². The first-order valence-corrected chi connectivity index (χ1v) is 11.5. The molecule has 3 aliphatic heterocycles. The fraction of sp³-hybridized carbons (Fsp3) is 0.417. The van der Waals surface area contributed by atoms with E-state index >= 15 is 0 Å². The number of aromatic nitrogens is 1. The van der Waals surface area contributed by atoms with Gasteiger partial charge in [0.05, 0.1) is 7.11 Å². The lowest BCUT2D eigenvalue weighted by atomic mass is 9.97. The summed E-state index contributed by atoms with van der Waals surface area (Å²) in [7, 11) is 1.25. The second kappa shape index (κ2) is 8.70. The molecule has 1 fully saturated rings. The quantitative estimate of drug-likeness (QED) is 0.662. The summed E-state index contributed by atoms with van der Waals surface area (Å²) in [6.07, 6.45) is 2.41. The number of carbonyl (C=O) groups excluding carboxylic acids is 2. The van der Waals surface area contributed by atoms with Crippen LogP contribution in [0.2, 0.25) is 0 Å². The molecule has 1 spiro atoms. The van der Waals surface area contributed by atoms with Crippen LogP contribution < -0.4 is 21.0 Å². The number of aliphatic imine (C=N–C) groups is 1. The molecule has 3 atom stereocenters. The van der Waals surface area contributed by atoms with Crippen LogP contribution in [0.15, 0.2) is 34.2 Å². The molecule has 3 aliphatic rings. The highest BCUT2D eigenvalue weighted by Crippen LogP contribution is 2.43. The lowest BCUT2D eigenvalue weighted by molar-refractivity contribution is -0.0939. The highest BCUT2D eigenvalue weighted by molar-refractivity contribution is 5.99. The number of hydrogen-bond donors (Lipinski definition) is 2. The van der Waals surface area contributed by atoms with Crippen LogP contribution in [0.25, 0.3) is 0 Å². The summed E-state index contributed by atoms with van der Waals surface area (Å²) < 4.78 is 34.1. The number of ether oxygens (including phenoxy) is 1. The number of nitrogens with zero attached hydrogens (tertiary/aromatic N) is 3. The van der Waals surface area contributed by atoms with Crippen LogP contribution in [-0.4, -0.2) is 52.5 Å². The Hall–Kier alpha value is -3.80. The van der Waals surface area contributed by atoms with Crippen molar-refractivity contribution in [2.45, 2.75) is 51.0 Å². The van der Waals surface area contributed by atoms with E-state index in [-0.39, 0.29) is 41.7 Å². The van der Waals surface area contributed by atoms with Crippen LogP contribution in [0.5, 0.6) is 5.75 Å². The van der Waals surface area contributed by atoms with Crippen molar-refractivity contribution in [3.05, 3.63) is 63.1 Å². The monoisotopic (exact) mass is 501 g/mol. The first kappa shape index (κ1) is 23.9. The molecule has 1 aromatic heterocycles. The number of nitrogens with one attached hydrogen (secondary N) is 2. The van der Waals surface area contributed by atoms with Gasteiger partial charge in [0.25, 0.3) is 11.8 Å². The van der Waals surface area contributed by atoms with Gasteiger partial charge in [0, 0.05) is 43.4 Å². The normalized spacial score (nSPS) is 24.6. The number of hydroxylamine groups is 1. The third-order valence-corrected chi connectivity index (χ3v) is 6.97. The van der Waals surface area contributed by atoms with Crippen LogP contribution in [0.4, 0.5) is 8.78 Å². The molecule has 0 saturated carbocycles. The maximum Gasteiger partial charge on any atom is 0.274 e. The highest BCUT2D eigenvalue weighted by atomic mass is 19.1. The molecule has 10 nitrogen and oxygen atoms in total. The summed E-state index contributed by atoms with van der Waals surface area (Å²) >= 11 is 0. The van der Waals surface area contributed by atoms with E-state index in [1.54, 1.807) is 11.8 Å². The highest BCUT2D eigenvalue weighted by Gasteiger charge is 2.53. The van der Waals surface area contributed by atoms with Gasteiger partial charge in [0.15, 0.2) is 11.4 Å². The number of benzene rings is 1. The second-order valence-corrected chi connectivity index (χ2v) is 9.19. The Balaban J connectivity index is 1.59. The van der Waals surface area contributed by atoms with Crippen molar-refractivity contribution in [2.24, 2.45) is 4.99 Å². The van der Waals surface area contributed by atoms with Crippen molar-refractivity contribution < 1.29 is 27.9 Å². The topological polar surface area (TPSA) is 114 Å². The van der Waals surface area contributed by atoms with Crippen molar-refractivity contribution >= 4 is 17.6 Å². The molecule has 2 aromatic rings. The number of amides is 2. The average molecular weight is 501 g/mol. The molecule has 5 rings (SSSR count). The number of amidine groups is 1. The predicted octanol–water partition coefficient (Wildman–Crippen LogP) is 1.89. The number of fused-ring (bicyclic) bond motifs is 5. The first-order chi connectivity index (χ1) is 17.1. The molecule has 2 N–H and O–H groups in total. The minimum Gasteiger partial charge on any atom is -0.491 e. The Morgan fingerprint density at radius 2 is 2.14 bits per heavy atom. The molecular weight excluding hydrogens is 476 g/mol. The first-order valence-electron chi connectivity index (χ1n) is 11.5. The maximum absolute atomic E-state index is 14.0. The summed E-state index contributed by atoms with van der Waals surface area (Å²) in [4.78, 5) is 52.1. The largest absolute Gasteiger partial charge is 0.491 e. The van der Waals surface area contributed by atoms with E-state index < -0.39 is 40.6 Å².